The van der Waals surface area contributed by atoms with Gasteiger partial charge < -0.3 is 14.6 Å². The van der Waals surface area contributed by atoms with E-state index in [2.05, 4.69) is 0 Å². The summed E-state index contributed by atoms with van der Waals surface area (Å²) in [5, 5.41) is 10.3. The number of esters is 1. The van der Waals surface area contributed by atoms with E-state index in [0.29, 0.717) is 12.0 Å². The maximum absolute atomic E-state index is 11.8. The zero-order valence-corrected chi connectivity index (χ0v) is 11.7. The standard InChI is InChI=1S/C17H16O4/c1-20-12-8-6-11(7-9-12)15(18)10-16-13-4-2-3-5-14(13)17(19)21-16/h2-9,15-16,18H,10H2,1H3. The number of benzene rings is 2. The van der Waals surface area contributed by atoms with Crippen LogP contribution in [0.5, 0.6) is 5.75 Å². The van der Waals surface area contributed by atoms with Gasteiger partial charge in [0.2, 0.25) is 0 Å². The third-order valence-electron chi connectivity index (χ3n) is 3.71. The van der Waals surface area contributed by atoms with Gasteiger partial charge in [-0.1, -0.05) is 30.3 Å². The summed E-state index contributed by atoms with van der Waals surface area (Å²) in [4.78, 5) is 11.8. The van der Waals surface area contributed by atoms with Crippen molar-refractivity contribution in [3.05, 3.63) is 65.2 Å². The molecule has 0 amide bonds. The maximum atomic E-state index is 11.8. The molecule has 4 nitrogen and oxygen atoms in total. The highest BCUT2D eigenvalue weighted by Gasteiger charge is 2.32. The van der Waals surface area contributed by atoms with Crippen molar-refractivity contribution >= 4 is 5.97 Å². The third kappa shape index (κ3) is 2.62. The highest BCUT2D eigenvalue weighted by atomic mass is 16.5. The molecule has 2 aromatic rings. The largest absolute Gasteiger partial charge is 0.497 e. The molecule has 0 spiro atoms. The van der Waals surface area contributed by atoms with Crippen LogP contribution in [0.1, 0.15) is 40.1 Å². The molecule has 0 aliphatic carbocycles. The highest BCUT2D eigenvalue weighted by molar-refractivity contribution is 5.93. The second-order valence-electron chi connectivity index (χ2n) is 5.01. The Labute approximate surface area is 122 Å². The van der Waals surface area contributed by atoms with E-state index in [4.69, 9.17) is 9.47 Å². The molecular weight excluding hydrogens is 268 g/mol. The molecule has 1 heterocycles. The van der Waals surface area contributed by atoms with Crippen LogP contribution >= 0.6 is 0 Å². The Morgan fingerprint density at radius 1 is 1.19 bits per heavy atom. The van der Waals surface area contributed by atoms with Crippen molar-refractivity contribution in [2.75, 3.05) is 7.11 Å². The zero-order chi connectivity index (χ0) is 14.8. The van der Waals surface area contributed by atoms with Crippen LogP contribution in [0.2, 0.25) is 0 Å². The molecule has 1 N–H and O–H groups in total. The fourth-order valence-corrected chi connectivity index (χ4v) is 2.56. The topological polar surface area (TPSA) is 55.8 Å². The molecule has 0 radical (unpaired) electrons. The number of ether oxygens (including phenoxy) is 2. The van der Waals surface area contributed by atoms with Crippen molar-refractivity contribution in [3.63, 3.8) is 0 Å². The predicted octanol–water partition coefficient (Wildman–Crippen LogP) is 3.03. The lowest BCUT2D eigenvalue weighted by molar-refractivity contribution is 0.0234. The van der Waals surface area contributed by atoms with E-state index in [0.717, 1.165) is 16.9 Å². The lowest BCUT2D eigenvalue weighted by atomic mass is 9.97. The minimum Gasteiger partial charge on any atom is -0.497 e. The molecule has 2 aromatic carbocycles. The Hall–Kier alpha value is -2.33. The van der Waals surface area contributed by atoms with Crippen LogP contribution < -0.4 is 4.74 Å². The van der Waals surface area contributed by atoms with Crippen molar-refractivity contribution in [2.24, 2.45) is 0 Å². The molecule has 0 saturated carbocycles. The molecule has 108 valence electrons. The van der Waals surface area contributed by atoms with E-state index < -0.39 is 12.2 Å². The Morgan fingerprint density at radius 2 is 1.90 bits per heavy atom. The second-order valence-corrected chi connectivity index (χ2v) is 5.01. The van der Waals surface area contributed by atoms with Crippen LogP contribution in [0.4, 0.5) is 0 Å². The molecule has 4 heteroatoms. The van der Waals surface area contributed by atoms with E-state index >= 15 is 0 Å². The molecule has 0 aromatic heterocycles. The van der Waals surface area contributed by atoms with Gasteiger partial charge in [-0.3, -0.25) is 0 Å². The van der Waals surface area contributed by atoms with E-state index in [1.807, 2.05) is 30.3 Å². The molecule has 1 aliphatic rings. The van der Waals surface area contributed by atoms with Crippen LogP contribution in [0.3, 0.4) is 0 Å². The molecule has 0 saturated heterocycles. The van der Waals surface area contributed by atoms with E-state index in [1.54, 1.807) is 25.3 Å². The summed E-state index contributed by atoms with van der Waals surface area (Å²) in [6, 6.07) is 14.5. The fraction of sp³-hybridized carbons (Fsp3) is 0.235. The summed E-state index contributed by atoms with van der Waals surface area (Å²) in [6.07, 6.45) is -0.750. The quantitative estimate of drug-likeness (QED) is 0.877. The van der Waals surface area contributed by atoms with Crippen molar-refractivity contribution < 1.29 is 19.4 Å². The first-order valence-electron chi connectivity index (χ1n) is 6.81. The first-order valence-corrected chi connectivity index (χ1v) is 6.81. The fourth-order valence-electron chi connectivity index (χ4n) is 2.56. The number of aliphatic hydroxyl groups is 1. The minimum absolute atomic E-state index is 0.322. The summed E-state index contributed by atoms with van der Waals surface area (Å²) >= 11 is 0. The van der Waals surface area contributed by atoms with E-state index in [-0.39, 0.29) is 5.97 Å². The predicted molar refractivity (Wildman–Crippen MR) is 77.2 cm³/mol. The van der Waals surface area contributed by atoms with Gasteiger partial charge in [0.15, 0.2) is 0 Å². The van der Waals surface area contributed by atoms with Crippen LogP contribution in [-0.2, 0) is 4.74 Å². The van der Waals surface area contributed by atoms with Crippen LogP contribution in [-0.4, -0.2) is 18.2 Å². The van der Waals surface area contributed by atoms with Crippen molar-refractivity contribution in [1.29, 1.82) is 0 Å². The Balaban J connectivity index is 1.76. The Morgan fingerprint density at radius 3 is 2.62 bits per heavy atom. The van der Waals surface area contributed by atoms with Crippen molar-refractivity contribution in [2.45, 2.75) is 18.6 Å². The summed E-state index contributed by atoms with van der Waals surface area (Å²) < 4.78 is 10.4. The number of cyclic esters (lactones) is 1. The van der Waals surface area contributed by atoms with Gasteiger partial charge in [-0.2, -0.15) is 0 Å². The third-order valence-corrected chi connectivity index (χ3v) is 3.71. The van der Waals surface area contributed by atoms with Gasteiger partial charge in [0.1, 0.15) is 11.9 Å². The first kappa shape index (κ1) is 13.6. The van der Waals surface area contributed by atoms with Gasteiger partial charge in [-0.15, -0.1) is 0 Å². The Kier molecular flexibility index (Phi) is 3.62. The van der Waals surface area contributed by atoms with Crippen LogP contribution in [0.25, 0.3) is 0 Å². The molecule has 0 fully saturated rings. The zero-order valence-electron chi connectivity index (χ0n) is 11.7. The molecule has 2 atom stereocenters. The minimum atomic E-state index is -0.695. The highest BCUT2D eigenvalue weighted by Crippen LogP contribution is 2.36. The number of fused-ring (bicyclic) bond motifs is 1. The first-order chi connectivity index (χ1) is 10.2. The van der Waals surface area contributed by atoms with Crippen LogP contribution in [0.15, 0.2) is 48.5 Å². The summed E-state index contributed by atoms with van der Waals surface area (Å²) in [5.41, 5.74) is 2.20. The lowest BCUT2D eigenvalue weighted by Crippen LogP contribution is -2.06. The SMILES string of the molecule is COc1ccc(C(O)CC2OC(=O)c3ccccc32)cc1. The average Bonchev–Trinajstić information content (AvgIpc) is 2.84. The maximum Gasteiger partial charge on any atom is 0.339 e. The molecule has 21 heavy (non-hydrogen) atoms. The van der Waals surface area contributed by atoms with E-state index in [1.165, 1.54) is 0 Å². The van der Waals surface area contributed by atoms with Gasteiger partial charge in [-0.25, -0.2) is 4.79 Å². The van der Waals surface area contributed by atoms with E-state index in [9.17, 15) is 9.90 Å². The number of aliphatic hydroxyl groups excluding tert-OH is 1. The monoisotopic (exact) mass is 284 g/mol. The average molecular weight is 284 g/mol. The molecule has 2 unspecified atom stereocenters. The van der Waals surface area contributed by atoms with Crippen molar-refractivity contribution in [3.8, 4) is 5.75 Å². The molecule has 0 bridgehead atoms. The smallest absolute Gasteiger partial charge is 0.339 e. The van der Waals surface area contributed by atoms with Gasteiger partial charge in [0, 0.05) is 12.0 Å². The molecular formula is C17H16O4. The second kappa shape index (κ2) is 5.58. The normalized spacial score (nSPS) is 18.0. The van der Waals surface area contributed by atoms with Gasteiger partial charge in [0.25, 0.3) is 0 Å². The molecule has 1 aliphatic heterocycles. The summed E-state index contributed by atoms with van der Waals surface area (Å²) in [6.45, 7) is 0. The number of carbonyl (C=O) groups excluding carboxylic acids is 1. The van der Waals surface area contributed by atoms with Gasteiger partial charge in [0.05, 0.1) is 18.8 Å². The van der Waals surface area contributed by atoms with Gasteiger partial charge in [-0.05, 0) is 23.8 Å². The number of methoxy groups -OCH3 is 1. The van der Waals surface area contributed by atoms with Crippen molar-refractivity contribution in [1.82, 2.24) is 0 Å². The summed E-state index contributed by atoms with van der Waals surface area (Å²) in [5.74, 6) is 0.418. The summed E-state index contributed by atoms with van der Waals surface area (Å²) in [7, 11) is 1.60. The number of rotatable bonds is 4. The number of carbonyl (C=O) groups is 1. The number of hydrogen-bond acceptors (Lipinski definition) is 4. The Bertz CT molecular complexity index is 648. The van der Waals surface area contributed by atoms with Crippen LogP contribution in [0, 0.1) is 0 Å². The molecule has 3 rings (SSSR count). The van der Waals surface area contributed by atoms with Gasteiger partial charge >= 0.3 is 5.97 Å². The number of hydrogen-bond donors (Lipinski definition) is 1. The lowest BCUT2D eigenvalue weighted by Gasteiger charge is -2.16.